The summed E-state index contributed by atoms with van der Waals surface area (Å²) >= 11 is 0. The van der Waals surface area contributed by atoms with Crippen molar-refractivity contribution in [1.82, 2.24) is 20.2 Å². The zero-order valence-electron chi connectivity index (χ0n) is 17.1. The SMILES string of the molecule is CCN(Cc1ccncc1)c1ccc(C2=NCC=C2CN(C)CCNC)cn1. The van der Waals surface area contributed by atoms with E-state index in [1.54, 1.807) is 0 Å². The lowest BCUT2D eigenvalue weighted by Gasteiger charge is -2.22. The standard InChI is InChI=1S/C22H30N6/c1-4-28(16-18-7-10-24-11-8-18)21-6-5-19(15-26-21)22-20(9-12-25-22)17-27(3)14-13-23-2/h5-11,15,23H,4,12-14,16-17H2,1-3H3. The number of nitrogens with one attached hydrogen (secondary N) is 1. The first-order valence-corrected chi connectivity index (χ1v) is 9.88. The molecule has 6 heteroatoms. The molecule has 0 saturated carbocycles. The van der Waals surface area contributed by atoms with Gasteiger partial charge in [0.2, 0.25) is 0 Å². The number of hydrogen-bond acceptors (Lipinski definition) is 6. The van der Waals surface area contributed by atoms with Crippen LogP contribution < -0.4 is 10.2 Å². The fourth-order valence-corrected chi connectivity index (χ4v) is 3.31. The van der Waals surface area contributed by atoms with Gasteiger partial charge in [-0.3, -0.25) is 9.98 Å². The van der Waals surface area contributed by atoms with Crippen molar-refractivity contribution in [3.63, 3.8) is 0 Å². The van der Waals surface area contributed by atoms with Crippen molar-refractivity contribution in [2.24, 2.45) is 4.99 Å². The van der Waals surface area contributed by atoms with Crippen LogP contribution in [0.2, 0.25) is 0 Å². The van der Waals surface area contributed by atoms with Gasteiger partial charge in [0.25, 0.3) is 0 Å². The predicted molar refractivity (Wildman–Crippen MR) is 116 cm³/mol. The molecule has 0 bridgehead atoms. The third-order valence-electron chi connectivity index (χ3n) is 4.92. The van der Waals surface area contributed by atoms with E-state index in [4.69, 9.17) is 9.98 Å². The van der Waals surface area contributed by atoms with Crippen molar-refractivity contribution in [1.29, 1.82) is 0 Å². The third-order valence-corrected chi connectivity index (χ3v) is 4.92. The van der Waals surface area contributed by atoms with Gasteiger partial charge in [-0.1, -0.05) is 6.08 Å². The summed E-state index contributed by atoms with van der Waals surface area (Å²) in [6.45, 7) is 7.54. The average molecular weight is 379 g/mol. The summed E-state index contributed by atoms with van der Waals surface area (Å²) in [6, 6.07) is 8.34. The van der Waals surface area contributed by atoms with E-state index in [-0.39, 0.29) is 0 Å². The van der Waals surface area contributed by atoms with E-state index in [9.17, 15) is 0 Å². The van der Waals surface area contributed by atoms with E-state index in [0.717, 1.165) is 56.4 Å². The molecule has 0 aromatic carbocycles. The zero-order valence-corrected chi connectivity index (χ0v) is 17.1. The van der Waals surface area contributed by atoms with Crippen LogP contribution in [-0.4, -0.2) is 67.4 Å². The largest absolute Gasteiger partial charge is 0.353 e. The fourth-order valence-electron chi connectivity index (χ4n) is 3.31. The number of nitrogens with zero attached hydrogens (tertiary/aromatic N) is 5. The molecule has 1 N–H and O–H groups in total. The first-order chi connectivity index (χ1) is 13.7. The molecule has 6 nitrogen and oxygen atoms in total. The normalized spacial score (nSPS) is 13.6. The first kappa shape index (κ1) is 20.2. The molecule has 0 amide bonds. The molecule has 3 rings (SSSR count). The predicted octanol–water partition coefficient (Wildman–Crippen LogP) is 2.38. The molecule has 3 heterocycles. The van der Waals surface area contributed by atoms with Crippen molar-refractivity contribution >= 4 is 11.5 Å². The van der Waals surface area contributed by atoms with Crippen molar-refractivity contribution < 1.29 is 0 Å². The Morgan fingerprint density at radius 1 is 1.11 bits per heavy atom. The quantitative estimate of drug-likeness (QED) is 0.688. The van der Waals surface area contributed by atoms with Crippen LogP contribution in [0, 0.1) is 0 Å². The van der Waals surface area contributed by atoms with Crippen LogP contribution in [0.4, 0.5) is 5.82 Å². The molecule has 0 atom stereocenters. The summed E-state index contributed by atoms with van der Waals surface area (Å²) in [6.07, 6.45) is 7.84. The Morgan fingerprint density at radius 3 is 2.61 bits per heavy atom. The summed E-state index contributed by atoms with van der Waals surface area (Å²) in [4.78, 5) is 18.1. The van der Waals surface area contributed by atoms with E-state index in [1.165, 1.54) is 11.1 Å². The average Bonchev–Trinajstić information content (AvgIpc) is 3.19. The Balaban J connectivity index is 1.67. The number of anilines is 1. The number of pyridine rings is 2. The van der Waals surface area contributed by atoms with Gasteiger partial charge in [-0.05, 0) is 56.4 Å². The maximum atomic E-state index is 4.73. The van der Waals surface area contributed by atoms with Crippen LogP contribution in [0.5, 0.6) is 0 Å². The minimum Gasteiger partial charge on any atom is -0.353 e. The molecular formula is C22H30N6. The monoisotopic (exact) mass is 378 g/mol. The van der Waals surface area contributed by atoms with Crippen LogP contribution in [0.1, 0.15) is 18.1 Å². The van der Waals surface area contributed by atoms with Crippen LogP contribution in [0.15, 0.2) is 59.5 Å². The minimum absolute atomic E-state index is 0.759. The lowest BCUT2D eigenvalue weighted by molar-refractivity contribution is 0.367. The second-order valence-electron chi connectivity index (χ2n) is 7.03. The highest BCUT2D eigenvalue weighted by Crippen LogP contribution is 2.19. The molecule has 28 heavy (non-hydrogen) atoms. The molecule has 0 spiro atoms. The number of hydrogen-bond donors (Lipinski definition) is 1. The van der Waals surface area contributed by atoms with Gasteiger partial charge < -0.3 is 15.1 Å². The van der Waals surface area contributed by atoms with Gasteiger partial charge in [0.15, 0.2) is 0 Å². The molecule has 1 aliphatic heterocycles. The number of likely N-dealkylation sites (N-methyl/N-ethyl adjacent to an activating group) is 2. The highest BCUT2D eigenvalue weighted by atomic mass is 15.2. The molecule has 1 aliphatic rings. The molecule has 0 saturated heterocycles. The maximum Gasteiger partial charge on any atom is 0.128 e. The van der Waals surface area contributed by atoms with E-state index in [0.29, 0.717) is 0 Å². The maximum absolute atomic E-state index is 4.73. The van der Waals surface area contributed by atoms with Gasteiger partial charge in [0.05, 0.1) is 12.3 Å². The summed E-state index contributed by atoms with van der Waals surface area (Å²) in [5.74, 6) is 0.985. The summed E-state index contributed by atoms with van der Waals surface area (Å²) in [5, 5.41) is 3.20. The van der Waals surface area contributed by atoms with Gasteiger partial charge >= 0.3 is 0 Å². The molecular weight excluding hydrogens is 348 g/mol. The topological polar surface area (TPSA) is 56.7 Å². The van der Waals surface area contributed by atoms with E-state index in [1.807, 2.05) is 37.8 Å². The number of aliphatic imine (C=N–C) groups is 1. The molecule has 0 fully saturated rings. The molecule has 0 unspecified atom stereocenters. The highest BCUT2D eigenvalue weighted by molar-refractivity contribution is 6.14. The van der Waals surface area contributed by atoms with Crippen molar-refractivity contribution in [3.8, 4) is 0 Å². The van der Waals surface area contributed by atoms with Gasteiger partial charge in [-0.25, -0.2) is 4.98 Å². The lowest BCUT2D eigenvalue weighted by Crippen LogP contribution is -2.30. The van der Waals surface area contributed by atoms with Crippen LogP contribution in [-0.2, 0) is 6.54 Å². The Bertz CT molecular complexity index is 798. The highest BCUT2D eigenvalue weighted by Gasteiger charge is 2.17. The lowest BCUT2D eigenvalue weighted by atomic mass is 10.0. The Kier molecular flexibility index (Phi) is 7.28. The smallest absolute Gasteiger partial charge is 0.128 e. The fraction of sp³-hybridized carbons (Fsp3) is 0.409. The zero-order chi connectivity index (χ0) is 19.8. The van der Waals surface area contributed by atoms with Crippen LogP contribution in [0.3, 0.4) is 0 Å². The van der Waals surface area contributed by atoms with Crippen LogP contribution >= 0.6 is 0 Å². The summed E-state index contributed by atoms with van der Waals surface area (Å²) in [5.41, 5.74) is 4.69. The van der Waals surface area contributed by atoms with Crippen molar-refractivity contribution in [3.05, 3.63) is 65.6 Å². The summed E-state index contributed by atoms with van der Waals surface area (Å²) < 4.78 is 0. The third kappa shape index (κ3) is 5.24. The van der Waals surface area contributed by atoms with Gasteiger partial charge in [-0.2, -0.15) is 0 Å². The van der Waals surface area contributed by atoms with Crippen LogP contribution in [0.25, 0.3) is 0 Å². The molecule has 0 aliphatic carbocycles. The molecule has 0 radical (unpaired) electrons. The molecule has 2 aromatic heterocycles. The van der Waals surface area contributed by atoms with Gasteiger partial charge in [-0.15, -0.1) is 0 Å². The first-order valence-electron chi connectivity index (χ1n) is 9.88. The number of aromatic nitrogens is 2. The van der Waals surface area contributed by atoms with Gasteiger partial charge in [0, 0.05) is 56.9 Å². The van der Waals surface area contributed by atoms with E-state index in [2.05, 4.69) is 52.3 Å². The Morgan fingerprint density at radius 2 is 1.93 bits per heavy atom. The van der Waals surface area contributed by atoms with Crippen molar-refractivity contribution in [2.45, 2.75) is 13.5 Å². The van der Waals surface area contributed by atoms with E-state index >= 15 is 0 Å². The van der Waals surface area contributed by atoms with Crippen molar-refractivity contribution in [2.75, 3.05) is 51.7 Å². The number of rotatable bonds is 10. The second-order valence-corrected chi connectivity index (χ2v) is 7.03. The Labute approximate surface area is 168 Å². The second kappa shape index (κ2) is 10.1. The Hall–Kier alpha value is -2.57. The van der Waals surface area contributed by atoms with Gasteiger partial charge in [0.1, 0.15) is 5.82 Å². The van der Waals surface area contributed by atoms with E-state index < -0.39 is 0 Å². The summed E-state index contributed by atoms with van der Waals surface area (Å²) in [7, 11) is 4.13. The molecule has 148 valence electrons. The minimum atomic E-state index is 0.759. The molecule has 2 aromatic rings.